The van der Waals surface area contributed by atoms with E-state index < -0.39 is 5.97 Å². The van der Waals surface area contributed by atoms with Gasteiger partial charge in [0.1, 0.15) is 5.75 Å². The second-order valence-electron chi connectivity index (χ2n) is 10.00. The zero-order valence-corrected chi connectivity index (χ0v) is 20.9. The van der Waals surface area contributed by atoms with Crippen molar-refractivity contribution in [1.29, 1.82) is 0 Å². The SMILES string of the molecule is CCCc1c(OCCc2cc3c(Cl)c(CC(=O)O)ccc3[nH]2)ccc2c(CC(C)(C)C)noc12. The number of ether oxygens (including phenoxy) is 1. The number of aryl methyl sites for hydroxylation is 1. The van der Waals surface area contributed by atoms with Gasteiger partial charge in [-0.3, -0.25) is 4.79 Å². The number of fused-ring (bicyclic) bond motifs is 2. The summed E-state index contributed by atoms with van der Waals surface area (Å²) in [7, 11) is 0. The van der Waals surface area contributed by atoms with E-state index in [9.17, 15) is 4.79 Å². The molecule has 7 heteroatoms. The highest BCUT2D eigenvalue weighted by molar-refractivity contribution is 6.36. The molecule has 0 bridgehead atoms. The van der Waals surface area contributed by atoms with Crippen LogP contribution in [0.5, 0.6) is 5.75 Å². The monoisotopic (exact) mass is 482 g/mol. The molecule has 34 heavy (non-hydrogen) atoms. The molecule has 2 N–H and O–H groups in total. The first-order valence-electron chi connectivity index (χ1n) is 11.7. The van der Waals surface area contributed by atoms with Crippen molar-refractivity contribution < 1.29 is 19.2 Å². The Bertz CT molecular complexity index is 1330. The minimum absolute atomic E-state index is 0.0970. The molecule has 0 fully saturated rings. The van der Waals surface area contributed by atoms with E-state index in [1.54, 1.807) is 6.07 Å². The number of carboxylic acid groups (broad SMARTS) is 1. The molecule has 4 rings (SSSR count). The van der Waals surface area contributed by atoms with Crippen LogP contribution in [0.1, 0.15) is 56.6 Å². The van der Waals surface area contributed by atoms with Gasteiger partial charge in [0.25, 0.3) is 0 Å². The van der Waals surface area contributed by atoms with Gasteiger partial charge in [-0.05, 0) is 48.1 Å². The largest absolute Gasteiger partial charge is 0.493 e. The summed E-state index contributed by atoms with van der Waals surface area (Å²) >= 11 is 6.45. The zero-order chi connectivity index (χ0) is 24.5. The molecule has 0 aliphatic heterocycles. The smallest absolute Gasteiger partial charge is 0.307 e. The fourth-order valence-corrected chi connectivity index (χ4v) is 4.61. The standard InChI is InChI=1S/C27H31ClN2O4/c1-5-6-19-23(10-8-18-22(15-27(2,3)4)30-34-26(18)19)33-12-11-17-14-20-21(29-17)9-7-16(25(20)28)13-24(31)32/h7-10,14,29H,5-6,11-13,15H2,1-4H3,(H,31,32). The lowest BCUT2D eigenvalue weighted by Crippen LogP contribution is -2.09. The van der Waals surface area contributed by atoms with Gasteiger partial charge in [-0.2, -0.15) is 0 Å². The van der Waals surface area contributed by atoms with E-state index in [2.05, 4.69) is 37.8 Å². The Balaban J connectivity index is 1.52. The number of aromatic amines is 1. The first-order chi connectivity index (χ1) is 16.2. The number of hydrogen-bond donors (Lipinski definition) is 2. The predicted octanol–water partition coefficient (Wildman–Crippen LogP) is 6.75. The van der Waals surface area contributed by atoms with Crippen LogP contribution >= 0.6 is 11.6 Å². The van der Waals surface area contributed by atoms with Gasteiger partial charge in [-0.1, -0.05) is 56.9 Å². The van der Waals surface area contributed by atoms with Crippen molar-refractivity contribution >= 4 is 39.4 Å². The van der Waals surface area contributed by atoms with Gasteiger partial charge < -0.3 is 19.4 Å². The number of H-pyrrole nitrogens is 1. The van der Waals surface area contributed by atoms with Crippen LogP contribution < -0.4 is 4.74 Å². The van der Waals surface area contributed by atoms with Gasteiger partial charge in [-0.15, -0.1) is 0 Å². The van der Waals surface area contributed by atoms with Crippen LogP contribution in [0.15, 0.2) is 34.9 Å². The van der Waals surface area contributed by atoms with Crippen molar-refractivity contribution in [3.05, 3.63) is 57.9 Å². The van der Waals surface area contributed by atoms with E-state index in [1.807, 2.05) is 24.3 Å². The molecule has 180 valence electrons. The molecular formula is C27H31ClN2O4. The number of hydrogen-bond acceptors (Lipinski definition) is 4. The number of benzene rings is 2. The Morgan fingerprint density at radius 3 is 2.68 bits per heavy atom. The third-order valence-electron chi connectivity index (χ3n) is 5.82. The van der Waals surface area contributed by atoms with Gasteiger partial charge >= 0.3 is 5.97 Å². The van der Waals surface area contributed by atoms with Crippen molar-refractivity contribution in [2.24, 2.45) is 5.41 Å². The van der Waals surface area contributed by atoms with Crippen molar-refractivity contribution in [1.82, 2.24) is 10.1 Å². The maximum Gasteiger partial charge on any atom is 0.307 e. The maximum absolute atomic E-state index is 11.1. The molecule has 0 unspecified atom stereocenters. The van der Waals surface area contributed by atoms with E-state index in [4.69, 9.17) is 26.0 Å². The Morgan fingerprint density at radius 1 is 1.18 bits per heavy atom. The lowest BCUT2D eigenvalue weighted by molar-refractivity contribution is -0.136. The summed E-state index contributed by atoms with van der Waals surface area (Å²) in [5, 5.41) is 15.8. The molecule has 2 aromatic heterocycles. The molecule has 0 spiro atoms. The molecule has 0 atom stereocenters. The average Bonchev–Trinajstić information content (AvgIpc) is 3.35. The van der Waals surface area contributed by atoms with E-state index in [1.165, 1.54) is 0 Å². The van der Waals surface area contributed by atoms with Crippen LogP contribution in [0.25, 0.3) is 21.9 Å². The van der Waals surface area contributed by atoms with Crippen molar-refractivity contribution in [3.63, 3.8) is 0 Å². The molecule has 0 aliphatic rings. The van der Waals surface area contributed by atoms with Gasteiger partial charge in [0.2, 0.25) is 0 Å². The number of halogens is 1. The van der Waals surface area contributed by atoms with Gasteiger partial charge in [-0.25, -0.2) is 0 Å². The van der Waals surface area contributed by atoms with Crippen molar-refractivity contribution in [3.8, 4) is 5.75 Å². The molecule has 0 saturated carbocycles. The second kappa shape index (κ2) is 9.71. The predicted molar refractivity (Wildman–Crippen MR) is 135 cm³/mol. The first kappa shape index (κ1) is 24.1. The van der Waals surface area contributed by atoms with Crippen molar-refractivity contribution in [2.45, 2.75) is 59.8 Å². The van der Waals surface area contributed by atoms with Crippen LogP contribution in [-0.2, 0) is 30.5 Å². The highest BCUT2D eigenvalue weighted by Crippen LogP contribution is 2.34. The van der Waals surface area contributed by atoms with Gasteiger partial charge in [0, 0.05) is 34.0 Å². The molecule has 0 aliphatic carbocycles. The summed E-state index contributed by atoms with van der Waals surface area (Å²) in [6.45, 7) is 9.21. The Labute approximate surface area is 204 Å². The lowest BCUT2D eigenvalue weighted by atomic mass is 9.89. The summed E-state index contributed by atoms with van der Waals surface area (Å²) < 4.78 is 12.0. The minimum atomic E-state index is -0.900. The third kappa shape index (κ3) is 5.22. The molecule has 0 saturated heterocycles. The van der Waals surface area contributed by atoms with Gasteiger partial charge in [0.05, 0.1) is 23.7 Å². The van der Waals surface area contributed by atoms with Crippen LogP contribution in [0.3, 0.4) is 0 Å². The Hall–Kier alpha value is -2.99. The summed E-state index contributed by atoms with van der Waals surface area (Å²) in [5.41, 5.74) is 5.47. The third-order valence-corrected chi connectivity index (χ3v) is 6.26. The summed E-state index contributed by atoms with van der Waals surface area (Å²) in [5.74, 6) is -0.0757. The van der Waals surface area contributed by atoms with Gasteiger partial charge in [0.15, 0.2) is 5.58 Å². The fourth-order valence-electron chi connectivity index (χ4n) is 4.32. The number of nitrogens with zero attached hydrogens (tertiary/aromatic N) is 1. The Kier molecular flexibility index (Phi) is 6.89. The topological polar surface area (TPSA) is 88.4 Å². The van der Waals surface area contributed by atoms with E-state index >= 15 is 0 Å². The minimum Gasteiger partial charge on any atom is -0.493 e. The molecule has 4 aromatic rings. The average molecular weight is 483 g/mol. The zero-order valence-electron chi connectivity index (χ0n) is 20.1. The van der Waals surface area contributed by atoms with Crippen molar-refractivity contribution in [2.75, 3.05) is 6.61 Å². The maximum atomic E-state index is 11.1. The molecular weight excluding hydrogens is 452 g/mol. The normalized spacial score (nSPS) is 12.0. The van der Waals surface area contributed by atoms with E-state index in [0.29, 0.717) is 23.6 Å². The Morgan fingerprint density at radius 2 is 1.97 bits per heavy atom. The highest BCUT2D eigenvalue weighted by atomic mass is 35.5. The van der Waals surface area contributed by atoms with E-state index in [-0.39, 0.29) is 11.8 Å². The van der Waals surface area contributed by atoms with Crippen LogP contribution in [0.2, 0.25) is 5.02 Å². The number of aromatic nitrogens is 2. The van der Waals surface area contributed by atoms with Crippen LogP contribution in [0, 0.1) is 5.41 Å². The number of nitrogens with one attached hydrogen (secondary N) is 1. The van der Waals surface area contributed by atoms with Crippen LogP contribution in [-0.4, -0.2) is 27.8 Å². The lowest BCUT2D eigenvalue weighted by Gasteiger charge is -2.16. The number of aliphatic carboxylic acids is 1. The number of carbonyl (C=O) groups is 1. The molecule has 0 radical (unpaired) electrons. The molecule has 0 amide bonds. The summed E-state index contributed by atoms with van der Waals surface area (Å²) in [4.78, 5) is 14.4. The summed E-state index contributed by atoms with van der Waals surface area (Å²) in [6, 6.07) is 9.67. The number of carboxylic acids is 1. The summed E-state index contributed by atoms with van der Waals surface area (Å²) in [6.07, 6.45) is 3.24. The van der Waals surface area contributed by atoms with E-state index in [0.717, 1.165) is 63.8 Å². The molecule has 2 aromatic carbocycles. The highest BCUT2D eigenvalue weighted by Gasteiger charge is 2.20. The second-order valence-corrected chi connectivity index (χ2v) is 10.4. The number of rotatable bonds is 9. The molecule has 2 heterocycles. The quantitative estimate of drug-likeness (QED) is 0.275. The van der Waals surface area contributed by atoms with Crippen LogP contribution in [0.4, 0.5) is 0 Å². The fraction of sp³-hybridized carbons (Fsp3) is 0.407. The molecule has 6 nitrogen and oxygen atoms in total. The first-order valence-corrected chi connectivity index (χ1v) is 12.1.